The minimum absolute atomic E-state index is 0.221. The summed E-state index contributed by atoms with van der Waals surface area (Å²) in [5.74, 6) is 2.68. The fourth-order valence-electron chi connectivity index (χ4n) is 3.63. The molecule has 16 heavy (non-hydrogen) atoms. The van der Waals surface area contributed by atoms with Crippen molar-refractivity contribution in [2.45, 2.75) is 57.8 Å². The first-order valence-corrected chi connectivity index (χ1v) is 7.43. The monoisotopic (exact) mass is 242 g/mol. The molecule has 0 heterocycles. The average Bonchev–Trinajstić information content (AvgIpc) is 2.39. The molecule has 0 aliphatic heterocycles. The van der Waals surface area contributed by atoms with Gasteiger partial charge < -0.3 is 0 Å². The first-order chi connectivity index (χ1) is 7.81. The fraction of sp³-hybridized carbons (Fsp3) is 0.929. The van der Waals surface area contributed by atoms with E-state index in [9.17, 15) is 4.79 Å². The number of hydrogen-bond acceptors (Lipinski definition) is 1. The van der Waals surface area contributed by atoms with E-state index in [-0.39, 0.29) is 17.6 Å². The van der Waals surface area contributed by atoms with Crippen LogP contribution in [0.3, 0.4) is 0 Å². The second-order valence-corrected chi connectivity index (χ2v) is 5.88. The average molecular weight is 243 g/mol. The maximum atomic E-state index is 11.5. The van der Waals surface area contributed by atoms with Crippen molar-refractivity contribution >= 4 is 17.4 Å². The van der Waals surface area contributed by atoms with Crippen molar-refractivity contribution in [1.82, 2.24) is 0 Å². The van der Waals surface area contributed by atoms with Gasteiger partial charge in [0.2, 0.25) is 0 Å². The highest BCUT2D eigenvalue weighted by Crippen LogP contribution is 2.40. The molecule has 0 aromatic heterocycles. The quantitative estimate of drug-likeness (QED) is 0.679. The Labute approximate surface area is 104 Å². The topological polar surface area (TPSA) is 17.1 Å². The summed E-state index contributed by atoms with van der Waals surface area (Å²) in [4.78, 5) is 11.5. The molecule has 2 heteroatoms. The van der Waals surface area contributed by atoms with Crippen LogP contribution in [0.25, 0.3) is 0 Å². The second-order valence-electron chi connectivity index (χ2n) is 5.61. The van der Waals surface area contributed by atoms with E-state index < -0.39 is 0 Å². The van der Waals surface area contributed by atoms with E-state index in [1.54, 1.807) is 0 Å². The van der Waals surface area contributed by atoms with Gasteiger partial charge in [-0.05, 0) is 37.5 Å². The van der Waals surface area contributed by atoms with E-state index >= 15 is 0 Å². The molecule has 2 aliphatic rings. The SMILES string of the molecule is O=C(CCl)C1CCC(C2CCCCC2)CC1. The van der Waals surface area contributed by atoms with Gasteiger partial charge in [0.15, 0.2) is 5.78 Å². The first kappa shape index (κ1) is 12.4. The summed E-state index contributed by atoms with van der Waals surface area (Å²) < 4.78 is 0. The van der Waals surface area contributed by atoms with Crippen LogP contribution < -0.4 is 0 Å². The molecule has 2 saturated carbocycles. The number of hydrogen-bond donors (Lipinski definition) is 0. The van der Waals surface area contributed by atoms with Gasteiger partial charge in [-0.2, -0.15) is 0 Å². The van der Waals surface area contributed by atoms with Crippen LogP contribution in [0.5, 0.6) is 0 Å². The van der Waals surface area contributed by atoms with Crippen LogP contribution in [0.4, 0.5) is 0 Å². The number of carbonyl (C=O) groups is 1. The van der Waals surface area contributed by atoms with Crippen LogP contribution in [-0.2, 0) is 4.79 Å². The molecule has 0 amide bonds. The van der Waals surface area contributed by atoms with Gasteiger partial charge >= 0.3 is 0 Å². The van der Waals surface area contributed by atoms with Gasteiger partial charge in [0.25, 0.3) is 0 Å². The molecule has 0 saturated heterocycles. The third-order valence-corrected chi connectivity index (χ3v) is 4.94. The van der Waals surface area contributed by atoms with Crippen LogP contribution in [0.2, 0.25) is 0 Å². The number of Topliss-reactive ketones (excluding diaryl/α,β-unsaturated/α-hetero) is 1. The van der Waals surface area contributed by atoms with Gasteiger partial charge in [-0.1, -0.05) is 32.1 Å². The first-order valence-electron chi connectivity index (χ1n) is 6.90. The van der Waals surface area contributed by atoms with Crippen molar-refractivity contribution in [3.05, 3.63) is 0 Å². The van der Waals surface area contributed by atoms with E-state index in [1.807, 2.05) is 0 Å². The maximum absolute atomic E-state index is 11.5. The molecule has 92 valence electrons. The Balaban J connectivity index is 1.78. The smallest absolute Gasteiger partial charge is 0.150 e. The largest absolute Gasteiger partial charge is 0.298 e. The second kappa shape index (κ2) is 6.05. The Morgan fingerprint density at radius 2 is 1.44 bits per heavy atom. The Morgan fingerprint density at radius 1 is 0.875 bits per heavy atom. The molecule has 0 radical (unpaired) electrons. The zero-order chi connectivity index (χ0) is 11.4. The molecule has 1 nitrogen and oxygen atoms in total. The Kier molecular flexibility index (Phi) is 4.69. The third kappa shape index (κ3) is 3.00. The lowest BCUT2D eigenvalue weighted by molar-refractivity contribution is -0.121. The highest BCUT2D eigenvalue weighted by molar-refractivity contribution is 6.27. The Hall–Kier alpha value is -0.0400. The van der Waals surface area contributed by atoms with E-state index in [1.165, 1.54) is 44.9 Å². The van der Waals surface area contributed by atoms with E-state index in [4.69, 9.17) is 11.6 Å². The van der Waals surface area contributed by atoms with Gasteiger partial charge in [0, 0.05) is 5.92 Å². The summed E-state index contributed by atoms with van der Waals surface area (Å²) in [6, 6.07) is 0. The van der Waals surface area contributed by atoms with Crippen molar-refractivity contribution in [3.8, 4) is 0 Å². The lowest BCUT2D eigenvalue weighted by atomic mass is 9.70. The van der Waals surface area contributed by atoms with Crippen LogP contribution in [0.1, 0.15) is 57.8 Å². The molecule has 0 atom stereocenters. The van der Waals surface area contributed by atoms with E-state index in [0.29, 0.717) is 0 Å². The van der Waals surface area contributed by atoms with Crippen LogP contribution >= 0.6 is 11.6 Å². The summed E-state index contributed by atoms with van der Waals surface area (Å²) in [5.41, 5.74) is 0. The highest BCUT2D eigenvalue weighted by Gasteiger charge is 2.30. The molecule has 0 unspecified atom stereocenters. The van der Waals surface area contributed by atoms with Crippen LogP contribution in [-0.4, -0.2) is 11.7 Å². The van der Waals surface area contributed by atoms with Gasteiger partial charge in [0.1, 0.15) is 0 Å². The number of carbonyl (C=O) groups excluding carboxylic acids is 1. The molecular weight excluding hydrogens is 220 g/mol. The van der Waals surface area contributed by atoms with Crippen LogP contribution in [0, 0.1) is 17.8 Å². The predicted octanol–water partition coefficient (Wildman–Crippen LogP) is 4.18. The van der Waals surface area contributed by atoms with Crippen molar-refractivity contribution in [2.75, 3.05) is 5.88 Å². The molecule has 0 aromatic rings. The molecule has 2 fully saturated rings. The van der Waals surface area contributed by atoms with E-state index in [0.717, 1.165) is 24.7 Å². The minimum atomic E-state index is 0.221. The van der Waals surface area contributed by atoms with Crippen molar-refractivity contribution < 1.29 is 4.79 Å². The van der Waals surface area contributed by atoms with Gasteiger partial charge in [0.05, 0.1) is 5.88 Å². The molecular formula is C14H23ClO. The molecule has 0 N–H and O–H groups in total. The van der Waals surface area contributed by atoms with E-state index in [2.05, 4.69) is 0 Å². The Morgan fingerprint density at radius 3 is 2.00 bits per heavy atom. The van der Waals surface area contributed by atoms with Crippen molar-refractivity contribution in [3.63, 3.8) is 0 Å². The summed E-state index contributed by atoms with van der Waals surface area (Å²) >= 11 is 5.62. The Bertz CT molecular complexity index is 225. The maximum Gasteiger partial charge on any atom is 0.150 e. The summed E-state index contributed by atoms with van der Waals surface area (Å²) in [7, 11) is 0. The van der Waals surface area contributed by atoms with Gasteiger partial charge in [-0.3, -0.25) is 4.79 Å². The van der Waals surface area contributed by atoms with Crippen LogP contribution in [0.15, 0.2) is 0 Å². The normalized spacial score (nSPS) is 32.6. The predicted molar refractivity (Wildman–Crippen MR) is 67.8 cm³/mol. The summed E-state index contributed by atoms with van der Waals surface area (Å²) in [5, 5.41) is 0. The summed E-state index contributed by atoms with van der Waals surface area (Å²) in [6.45, 7) is 0. The molecule has 2 rings (SSSR count). The zero-order valence-corrected chi connectivity index (χ0v) is 10.8. The molecule has 0 bridgehead atoms. The van der Waals surface area contributed by atoms with Gasteiger partial charge in [-0.25, -0.2) is 0 Å². The lowest BCUT2D eigenvalue weighted by Gasteiger charge is -2.35. The van der Waals surface area contributed by atoms with Gasteiger partial charge in [-0.15, -0.1) is 11.6 Å². The number of alkyl halides is 1. The number of ketones is 1. The molecule has 0 spiro atoms. The standard InChI is InChI=1S/C14H23ClO/c15-10-14(16)13-8-6-12(7-9-13)11-4-2-1-3-5-11/h11-13H,1-10H2. The molecule has 2 aliphatic carbocycles. The summed E-state index contributed by atoms with van der Waals surface area (Å²) in [6.07, 6.45) is 12.0. The third-order valence-electron chi connectivity index (χ3n) is 4.68. The minimum Gasteiger partial charge on any atom is -0.298 e. The van der Waals surface area contributed by atoms with Crippen molar-refractivity contribution in [2.24, 2.45) is 17.8 Å². The number of halogens is 1. The highest BCUT2D eigenvalue weighted by atomic mass is 35.5. The fourth-order valence-corrected chi connectivity index (χ4v) is 3.85. The lowest BCUT2D eigenvalue weighted by Crippen LogP contribution is -2.27. The van der Waals surface area contributed by atoms with Crippen molar-refractivity contribution in [1.29, 1.82) is 0 Å². The zero-order valence-electron chi connectivity index (χ0n) is 10.1. The number of rotatable bonds is 3. The molecule has 0 aromatic carbocycles.